The third-order valence-electron chi connectivity index (χ3n) is 11.0. The molecule has 4 rings (SSSR count). The molecule has 0 aromatic rings. The Bertz CT molecular complexity index is 951. The van der Waals surface area contributed by atoms with E-state index in [4.69, 9.17) is 14.2 Å². The first-order valence-corrected chi connectivity index (χ1v) is 15.4. The Hall–Kier alpha value is -1.44. The molecule has 0 bridgehead atoms. The highest BCUT2D eigenvalue weighted by Crippen LogP contribution is 2.68. The van der Waals surface area contributed by atoms with Gasteiger partial charge in [-0.2, -0.15) is 0 Å². The Balaban J connectivity index is 1.64. The van der Waals surface area contributed by atoms with Crippen LogP contribution in [0.5, 0.6) is 0 Å². The summed E-state index contributed by atoms with van der Waals surface area (Å²) in [5.41, 5.74) is -0.446. The van der Waals surface area contributed by atoms with Crippen molar-refractivity contribution < 1.29 is 33.4 Å². The van der Waals surface area contributed by atoms with Gasteiger partial charge in [-0.15, -0.1) is 0 Å². The molecule has 11 atom stereocenters. The summed E-state index contributed by atoms with van der Waals surface area (Å²) < 4.78 is 16.9. The third kappa shape index (κ3) is 5.08. The van der Waals surface area contributed by atoms with Crippen molar-refractivity contribution in [1.29, 1.82) is 0 Å². The first kappa shape index (κ1) is 29.5. The number of hydrogen-bond donors (Lipinski definition) is 0. The Kier molecular flexibility index (Phi) is 8.71. The Morgan fingerprint density at radius 2 is 1.68 bits per heavy atom. The van der Waals surface area contributed by atoms with Gasteiger partial charge in [0.1, 0.15) is 18.0 Å². The summed E-state index contributed by atoms with van der Waals surface area (Å²) in [5, 5.41) is 0. The van der Waals surface area contributed by atoms with E-state index in [0.717, 1.165) is 32.1 Å². The van der Waals surface area contributed by atoms with Crippen LogP contribution < -0.4 is 0 Å². The van der Waals surface area contributed by atoms with E-state index in [1.165, 1.54) is 13.8 Å². The quantitative estimate of drug-likeness (QED) is 0.213. The first-order chi connectivity index (χ1) is 17.8. The maximum absolute atomic E-state index is 14.1. The van der Waals surface area contributed by atoms with E-state index < -0.39 is 0 Å². The van der Waals surface area contributed by atoms with E-state index >= 15 is 0 Å². The fourth-order valence-electron chi connectivity index (χ4n) is 9.31. The van der Waals surface area contributed by atoms with Gasteiger partial charge >= 0.3 is 17.9 Å². The normalized spacial score (nSPS) is 42.8. The lowest BCUT2D eigenvalue weighted by molar-refractivity contribution is -0.196. The summed E-state index contributed by atoms with van der Waals surface area (Å²) in [6, 6.07) is 0. The van der Waals surface area contributed by atoms with Crippen LogP contribution in [0.1, 0.15) is 92.9 Å². The monoisotopic (exact) mass is 596 g/mol. The molecule has 0 aromatic heterocycles. The number of esters is 3. The van der Waals surface area contributed by atoms with E-state index in [-0.39, 0.29) is 87.1 Å². The van der Waals surface area contributed by atoms with E-state index in [1.807, 2.05) is 6.92 Å². The summed E-state index contributed by atoms with van der Waals surface area (Å²) in [4.78, 5) is 50.0. The van der Waals surface area contributed by atoms with Gasteiger partial charge in [0.05, 0.1) is 11.4 Å². The summed E-state index contributed by atoms with van der Waals surface area (Å²) in [7, 11) is 0. The van der Waals surface area contributed by atoms with Crippen molar-refractivity contribution in [3.05, 3.63) is 0 Å². The molecule has 0 spiro atoms. The van der Waals surface area contributed by atoms with Crippen molar-refractivity contribution in [3.8, 4) is 0 Å². The molecular weight excluding hydrogens is 552 g/mol. The van der Waals surface area contributed by atoms with Gasteiger partial charge in [-0.25, -0.2) is 0 Å². The molecule has 0 aromatic carbocycles. The van der Waals surface area contributed by atoms with Crippen LogP contribution in [0.4, 0.5) is 0 Å². The lowest BCUT2D eigenvalue weighted by atomic mass is 9.43. The summed E-state index contributed by atoms with van der Waals surface area (Å²) in [6.07, 6.45) is 5.56. The molecular formula is C30H45BrO7. The number of ketones is 1. The van der Waals surface area contributed by atoms with E-state index in [9.17, 15) is 19.2 Å². The number of ether oxygens (including phenoxy) is 3. The molecule has 0 amide bonds. The molecule has 4 saturated carbocycles. The number of fused-ring (bicyclic) bond motifs is 5. The minimum atomic E-state index is -0.332. The van der Waals surface area contributed by atoms with Gasteiger partial charge in [0.15, 0.2) is 0 Å². The van der Waals surface area contributed by atoms with Gasteiger partial charge in [-0.1, -0.05) is 36.7 Å². The largest absolute Gasteiger partial charge is 0.466 e. The molecule has 0 radical (unpaired) electrons. The number of halogens is 1. The molecule has 3 unspecified atom stereocenters. The van der Waals surface area contributed by atoms with Crippen LogP contribution in [-0.2, 0) is 33.4 Å². The number of alkyl halides is 1. The molecule has 7 nitrogen and oxygen atoms in total. The SMILES string of the molecule is CCOC(=O)CC[C@H](C)[C@H]1CCC2C3C(=O)[C@@H](Br)[C@@H]4C[C@H](OC(C)=O)CC[C@]4(C)C3C[C@H](OC(C)=O)[C@@]21C. The molecule has 0 aliphatic heterocycles. The van der Waals surface area contributed by atoms with Crippen molar-refractivity contribution in [1.82, 2.24) is 0 Å². The van der Waals surface area contributed by atoms with Crippen molar-refractivity contribution in [2.24, 2.45) is 46.3 Å². The van der Waals surface area contributed by atoms with E-state index in [0.29, 0.717) is 25.9 Å². The maximum atomic E-state index is 14.1. The van der Waals surface area contributed by atoms with Gasteiger partial charge in [-0.05, 0) is 86.9 Å². The van der Waals surface area contributed by atoms with Gasteiger partial charge in [-0.3, -0.25) is 19.2 Å². The lowest BCUT2D eigenvalue weighted by Crippen LogP contribution is -2.64. The minimum Gasteiger partial charge on any atom is -0.466 e. The molecule has 4 aliphatic carbocycles. The average molecular weight is 598 g/mol. The highest BCUT2D eigenvalue weighted by Gasteiger charge is 2.68. The fourth-order valence-corrected chi connectivity index (χ4v) is 10.4. The van der Waals surface area contributed by atoms with Crippen molar-refractivity contribution in [2.75, 3.05) is 6.61 Å². The molecule has 0 saturated heterocycles. The van der Waals surface area contributed by atoms with Crippen LogP contribution in [-0.4, -0.2) is 47.3 Å². The predicted molar refractivity (Wildman–Crippen MR) is 145 cm³/mol. The topological polar surface area (TPSA) is 96.0 Å². The second-order valence-corrected chi connectivity index (χ2v) is 13.9. The Morgan fingerprint density at radius 3 is 2.32 bits per heavy atom. The lowest BCUT2D eigenvalue weighted by Gasteiger charge is -2.63. The van der Waals surface area contributed by atoms with E-state index in [2.05, 4.69) is 36.7 Å². The fraction of sp³-hybridized carbons (Fsp3) is 0.867. The maximum Gasteiger partial charge on any atom is 0.305 e. The van der Waals surface area contributed by atoms with Crippen molar-refractivity contribution in [3.63, 3.8) is 0 Å². The Morgan fingerprint density at radius 1 is 1.00 bits per heavy atom. The molecule has 4 fully saturated rings. The molecule has 0 heterocycles. The van der Waals surface area contributed by atoms with Gasteiger partial charge in [0.25, 0.3) is 0 Å². The van der Waals surface area contributed by atoms with Gasteiger partial charge in [0.2, 0.25) is 0 Å². The van der Waals surface area contributed by atoms with Crippen LogP contribution >= 0.6 is 15.9 Å². The smallest absolute Gasteiger partial charge is 0.305 e. The molecule has 0 N–H and O–H groups in total. The van der Waals surface area contributed by atoms with Crippen LogP contribution in [0.2, 0.25) is 0 Å². The van der Waals surface area contributed by atoms with Gasteiger partial charge in [0, 0.05) is 31.6 Å². The predicted octanol–water partition coefficient (Wildman–Crippen LogP) is 5.65. The van der Waals surface area contributed by atoms with Crippen molar-refractivity contribution >= 4 is 39.6 Å². The van der Waals surface area contributed by atoms with Crippen molar-refractivity contribution in [2.45, 2.75) is 110 Å². The average Bonchev–Trinajstić information content (AvgIpc) is 3.20. The second kappa shape index (κ2) is 11.2. The zero-order chi connectivity index (χ0) is 28.0. The van der Waals surface area contributed by atoms with Crippen LogP contribution in [0, 0.1) is 46.3 Å². The number of Topliss-reactive ketones (excluding diaryl/α,β-unsaturated/α-hetero) is 1. The van der Waals surface area contributed by atoms with Gasteiger partial charge < -0.3 is 14.2 Å². The summed E-state index contributed by atoms with van der Waals surface area (Å²) in [5.74, 6) is 0.235. The second-order valence-electron chi connectivity index (χ2n) is 12.9. The number of rotatable bonds is 7. The van der Waals surface area contributed by atoms with E-state index in [1.54, 1.807) is 0 Å². The molecule has 38 heavy (non-hydrogen) atoms. The number of hydrogen-bond acceptors (Lipinski definition) is 7. The zero-order valence-corrected chi connectivity index (χ0v) is 25.4. The number of carbonyl (C=O) groups excluding carboxylic acids is 4. The molecule has 214 valence electrons. The summed E-state index contributed by atoms with van der Waals surface area (Å²) >= 11 is 3.83. The first-order valence-electron chi connectivity index (χ1n) is 14.5. The highest BCUT2D eigenvalue weighted by molar-refractivity contribution is 9.10. The van der Waals surface area contributed by atoms with Crippen LogP contribution in [0.25, 0.3) is 0 Å². The highest BCUT2D eigenvalue weighted by atomic mass is 79.9. The summed E-state index contributed by atoms with van der Waals surface area (Å²) in [6.45, 7) is 11.9. The Labute approximate surface area is 235 Å². The van der Waals surface area contributed by atoms with Crippen LogP contribution in [0.3, 0.4) is 0 Å². The standard InChI is InChI=1S/C30H45BrO7/c1-7-36-25(34)11-8-16(2)20-9-10-21-26-22(15-24(30(20,21)6)38-18(4)33)29(5)13-12-19(37-17(3)32)14-23(29)27(31)28(26)35/h16,19-24,26-27H,7-15H2,1-6H3/t16-,19+,20+,21?,22?,23-,24-,26?,27-,29+,30+/m0/s1. The van der Waals surface area contributed by atoms with Crippen LogP contribution in [0.15, 0.2) is 0 Å². The minimum absolute atomic E-state index is 0.0670. The molecule has 4 aliphatic rings. The zero-order valence-electron chi connectivity index (χ0n) is 23.8. The number of carbonyl (C=O) groups is 4. The third-order valence-corrected chi connectivity index (χ3v) is 12.1. The molecule has 8 heteroatoms.